The summed E-state index contributed by atoms with van der Waals surface area (Å²) in [4.78, 5) is 12.2. The summed E-state index contributed by atoms with van der Waals surface area (Å²) in [6.45, 7) is 2.07. The van der Waals surface area contributed by atoms with Crippen LogP contribution in [-0.4, -0.2) is 20.6 Å². The zero-order valence-electron chi connectivity index (χ0n) is 12.7. The van der Waals surface area contributed by atoms with Crippen LogP contribution in [0.25, 0.3) is 0 Å². The SMILES string of the molecule is CCc1ccc(NC(=O)c2cccc(CS(C)(=O)=O)c2)cc1. The maximum atomic E-state index is 12.2. The smallest absolute Gasteiger partial charge is 0.255 e. The Morgan fingerprint density at radius 3 is 2.32 bits per heavy atom. The van der Waals surface area contributed by atoms with E-state index in [1.165, 1.54) is 11.8 Å². The molecule has 0 aliphatic carbocycles. The lowest BCUT2D eigenvalue weighted by Crippen LogP contribution is -2.12. The van der Waals surface area contributed by atoms with Gasteiger partial charge in [0.15, 0.2) is 9.84 Å². The van der Waals surface area contributed by atoms with Gasteiger partial charge in [-0.05, 0) is 41.8 Å². The van der Waals surface area contributed by atoms with Gasteiger partial charge < -0.3 is 5.32 Å². The highest BCUT2D eigenvalue weighted by atomic mass is 32.2. The van der Waals surface area contributed by atoms with Crippen molar-refractivity contribution in [2.45, 2.75) is 19.1 Å². The number of aryl methyl sites for hydroxylation is 1. The highest BCUT2D eigenvalue weighted by Crippen LogP contribution is 2.13. The summed E-state index contributed by atoms with van der Waals surface area (Å²) in [5, 5.41) is 2.81. The predicted molar refractivity (Wildman–Crippen MR) is 88.8 cm³/mol. The summed E-state index contributed by atoms with van der Waals surface area (Å²) >= 11 is 0. The van der Waals surface area contributed by atoms with Crippen LogP contribution in [0.15, 0.2) is 48.5 Å². The molecule has 0 unspecified atom stereocenters. The van der Waals surface area contributed by atoms with Crippen molar-refractivity contribution in [3.05, 3.63) is 65.2 Å². The largest absolute Gasteiger partial charge is 0.322 e. The summed E-state index contributed by atoms with van der Waals surface area (Å²) in [6.07, 6.45) is 2.12. The average molecular weight is 317 g/mol. The number of hydrogen-bond donors (Lipinski definition) is 1. The topological polar surface area (TPSA) is 63.2 Å². The van der Waals surface area contributed by atoms with E-state index in [-0.39, 0.29) is 11.7 Å². The molecule has 0 aliphatic rings. The maximum absolute atomic E-state index is 12.2. The Morgan fingerprint density at radius 1 is 1.05 bits per heavy atom. The molecule has 1 amide bonds. The normalized spacial score (nSPS) is 11.2. The number of rotatable bonds is 5. The third-order valence-corrected chi connectivity index (χ3v) is 4.10. The second-order valence-corrected chi connectivity index (χ2v) is 7.42. The number of benzene rings is 2. The molecular weight excluding hydrogens is 298 g/mol. The van der Waals surface area contributed by atoms with Gasteiger partial charge in [0.25, 0.3) is 5.91 Å². The summed E-state index contributed by atoms with van der Waals surface area (Å²) in [7, 11) is -3.12. The third kappa shape index (κ3) is 4.70. The van der Waals surface area contributed by atoms with E-state index in [9.17, 15) is 13.2 Å². The van der Waals surface area contributed by atoms with Crippen molar-refractivity contribution >= 4 is 21.4 Å². The number of carbonyl (C=O) groups excluding carboxylic acids is 1. The fourth-order valence-corrected chi connectivity index (χ4v) is 2.92. The van der Waals surface area contributed by atoms with Crippen molar-refractivity contribution < 1.29 is 13.2 Å². The lowest BCUT2D eigenvalue weighted by Gasteiger charge is -2.07. The molecule has 22 heavy (non-hydrogen) atoms. The Balaban J connectivity index is 2.13. The van der Waals surface area contributed by atoms with Crippen molar-refractivity contribution in [2.75, 3.05) is 11.6 Å². The van der Waals surface area contributed by atoms with E-state index < -0.39 is 9.84 Å². The molecule has 0 bridgehead atoms. The first-order chi connectivity index (χ1) is 10.4. The van der Waals surface area contributed by atoms with E-state index >= 15 is 0 Å². The third-order valence-electron chi connectivity index (χ3n) is 3.24. The lowest BCUT2D eigenvalue weighted by molar-refractivity contribution is 0.102. The minimum atomic E-state index is -3.12. The zero-order chi connectivity index (χ0) is 16.2. The fraction of sp³-hybridized carbons (Fsp3) is 0.235. The number of sulfone groups is 1. The summed E-state index contributed by atoms with van der Waals surface area (Å²) in [5.74, 6) is -0.320. The number of amides is 1. The van der Waals surface area contributed by atoms with Crippen molar-refractivity contribution in [2.24, 2.45) is 0 Å². The predicted octanol–water partition coefficient (Wildman–Crippen LogP) is 3.05. The molecule has 0 radical (unpaired) electrons. The Kier molecular flexibility index (Phi) is 4.98. The van der Waals surface area contributed by atoms with Gasteiger partial charge in [-0.3, -0.25) is 4.79 Å². The van der Waals surface area contributed by atoms with Crippen LogP contribution in [0.2, 0.25) is 0 Å². The summed E-state index contributed by atoms with van der Waals surface area (Å²) in [5.41, 5.74) is 2.97. The van der Waals surface area contributed by atoms with Crippen LogP contribution in [0.3, 0.4) is 0 Å². The van der Waals surface area contributed by atoms with E-state index in [1.807, 2.05) is 24.3 Å². The Labute approximate surface area is 131 Å². The summed E-state index contributed by atoms with van der Waals surface area (Å²) < 4.78 is 22.7. The monoisotopic (exact) mass is 317 g/mol. The maximum Gasteiger partial charge on any atom is 0.255 e. The first-order valence-electron chi connectivity index (χ1n) is 7.04. The number of carbonyl (C=O) groups is 1. The molecule has 0 spiro atoms. The minimum absolute atomic E-state index is 0.0701. The molecule has 0 heterocycles. The second kappa shape index (κ2) is 6.75. The van der Waals surface area contributed by atoms with Crippen LogP contribution in [0.4, 0.5) is 5.69 Å². The first-order valence-corrected chi connectivity index (χ1v) is 9.10. The quantitative estimate of drug-likeness (QED) is 0.922. The Morgan fingerprint density at radius 2 is 1.73 bits per heavy atom. The lowest BCUT2D eigenvalue weighted by atomic mass is 10.1. The van der Waals surface area contributed by atoms with E-state index in [1.54, 1.807) is 24.3 Å². The van der Waals surface area contributed by atoms with Crippen LogP contribution in [0.1, 0.15) is 28.4 Å². The van der Waals surface area contributed by atoms with Crippen LogP contribution in [-0.2, 0) is 22.0 Å². The molecule has 0 saturated heterocycles. The molecule has 0 saturated carbocycles. The number of hydrogen-bond acceptors (Lipinski definition) is 3. The molecule has 0 fully saturated rings. The molecule has 0 aliphatic heterocycles. The minimum Gasteiger partial charge on any atom is -0.322 e. The van der Waals surface area contributed by atoms with Gasteiger partial charge in [0.2, 0.25) is 0 Å². The molecule has 4 nitrogen and oxygen atoms in total. The van der Waals surface area contributed by atoms with Gasteiger partial charge in [-0.2, -0.15) is 0 Å². The van der Waals surface area contributed by atoms with Gasteiger partial charge in [0.05, 0.1) is 5.75 Å². The van der Waals surface area contributed by atoms with Crippen molar-refractivity contribution in [3.8, 4) is 0 Å². The van der Waals surface area contributed by atoms with Crippen molar-refractivity contribution in [1.29, 1.82) is 0 Å². The van der Waals surface area contributed by atoms with Gasteiger partial charge in [-0.25, -0.2) is 8.42 Å². The van der Waals surface area contributed by atoms with Crippen molar-refractivity contribution in [1.82, 2.24) is 0 Å². The van der Waals surface area contributed by atoms with Gasteiger partial charge in [-0.15, -0.1) is 0 Å². The van der Waals surface area contributed by atoms with Crippen molar-refractivity contribution in [3.63, 3.8) is 0 Å². The van der Waals surface area contributed by atoms with Crippen LogP contribution >= 0.6 is 0 Å². The highest BCUT2D eigenvalue weighted by molar-refractivity contribution is 7.89. The zero-order valence-corrected chi connectivity index (χ0v) is 13.5. The molecule has 2 aromatic rings. The van der Waals surface area contributed by atoms with E-state index in [4.69, 9.17) is 0 Å². The molecule has 2 aromatic carbocycles. The van der Waals surface area contributed by atoms with Crippen LogP contribution < -0.4 is 5.32 Å². The average Bonchev–Trinajstić information content (AvgIpc) is 2.46. The number of anilines is 1. The van der Waals surface area contributed by atoms with E-state index in [0.717, 1.165) is 12.1 Å². The van der Waals surface area contributed by atoms with E-state index in [0.29, 0.717) is 11.1 Å². The van der Waals surface area contributed by atoms with Gasteiger partial charge >= 0.3 is 0 Å². The fourth-order valence-electron chi connectivity index (χ4n) is 2.13. The molecule has 116 valence electrons. The molecule has 5 heteroatoms. The van der Waals surface area contributed by atoms with Gasteiger partial charge in [0.1, 0.15) is 0 Å². The first kappa shape index (κ1) is 16.2. The molecule has 1 N–H and O–H groups in total. The summed E-state index contributed by atoms with van der Waals surface area (Å²) in [6, 6.07) is 14.3. The number of nitrogens with one attached hydrogen (secondary N) is 1. The Hall–Kier alpha value is -2.14. The van der Waals surface area contributed by atoms with Crippen LogP contribution in [0.5, 0.6) is 0 Å². The van der Waals surface area contributed by atoms with E-state index in [2.05, 4.69) is 12.2 Å². The molecule has 2 rings (SSSR count). The van der Waals surface area contributed by atoms with Gasteiger partial charge in [-0.1, -0.05) is 31.2 Å². The van der Waals surface area contributed by atoms with Gasteiger partial charge in [0, 0.05) is 17.5 Å². The molecule has 0 aromatic heterocycles. The highest BCUT2D eigenvalue weighted by Gasteiger charge is 2.09. The second-order valence-electron chi connectivity index (χ2n) is 5.28. The van der Waals surface area contributed by atoms with Crippen LogP contribution in [0, 0.1) is 0 Å². The molecule has 0 atom stereocenters. The molecular formula is C17H19NO3S. The Bertz CT molecular complexity index is 765. The standard InChI is InChI=1S/C17H19NO3S/c1-3-13-7-9-16(10-8-13)18-17(19)15-6-4-5-14(11-15)12-22(2,20)21/h4-11H,3,12H2,1-2H3,(H,18,19).